The number of aromatic nitrogens is 2. The minimum Gasteiger partial charge on any atom is -0.616 e. The molecule has 1 saturated heterocycles. The minimum atomic E-state index is -0.793. The zero-order valence-corrected chi connectivity index (χ0v) is 16.8. The van der Waals surface area contributed by atoms with Crippen LogP contribution in [0.3, 0.4) is 0 Å². The number of benzene rings is 1. The highest BCUT2D eigenvalue weighted by Crippen LogP contribution is 2.30. The van der Waals surface area contributed by atoms with E-state index in [1.807, 2.05) is 18.7 Å². The summed E-state index contributed by atoms with van der Waals surface area (Å²) in [5, 5.41) is 7.82. The molecule has 28 heavy (non-hydrogen) atoms. The van der Waals surface area contributed by atoms with E-state index in [1.54, 1.807) is 12.1 Å². The standard InChI is InChI=1S/C19H24FN5O2S/c1-12(2)27-17-9-14-16(10-15(17)20)23-24-19(14)13(3)8-18(22-11-21)25-4-6-28(26)7-5-25/h8-12H,3-7H2,1-2H3,(H2,21,22)(H,23,24)/b18-8+. The van der Waals surface area contributed by atoms with Crippen LogP contribution in [-0.4, -0.2) is 56.7 Å². The summed E-state index contributed by atoms with van der Waals surface area (Å²) in [4.78, 5) is 6.24. The van der Waals surface area contributed by atoms with Crippen LogP contribution in [0.15, 0.2) is 35.6 Å². The van der Waals surface area contributed by atoms with Crippen LogP contribution in [-0.2, 0) is 11.2 Å². The Morgan fingerprint density at radius 2 is 2.18 bits per heavy atom. The number of nitrogens with zero attached hydrogens (tertiary/aromatic N) is 3. The molecule has 0 unspecified atom stereocenters. The highest BCUT2D eigenvalue weighted by Gasteiger charge is 2.22. The number of allylic oxidation sites excluding steroid dienone is 2. The predicted octanol–water partition coefficient (Wildman–Crippen LogP) is 2.40. The van der Waals surface area contributed by atoms with E-state index in [0.29, 0.717) is 52.6 Å². The van der Waals surface area contributed by atoms with Crippen LogP contribution in [0.2, 0.25) is 0 Å². The lowest BCUT2D eigenvalue weighted by molar-refractivity contribution is 0.231. The van der Waals surface area contributed by atoms with Gasteiger partial charge in [0.15, 0.2) is 11.6 Å². The van der Waals surface area contributed by atoms with Crippen LogP contribution >= 0.6 is 0 Å². The van der Waals surface area contributed by atoms with Gasteiger partial charge in [-0.25, -0.2) is 9.38 Å². The van der Waals surface area contributed by atoms with Crippen molar-refractivity contribution in [1.82, 2.24) is 15.1 Å². The number of aromatic amines is 1. The lowest BCUT2D eigenvalue weighted by atomic mass is 10.1. The van der Waals surface area contributed by atoms with Crippen molar-refractivity contribution in [1.29, 1.82) is 0 Å². The first-order valence-corrected chi connectivity index (χ1v) is 10.5. The number of H-pyrrole nitrogens is 1. The highest BCUT2D eigenvalue weighted by atomic mass is 32.2. The summed E-state index contributed by atoms with van der Waals surface area (Å²) in [6, 6.07) is 2.98. The second-order valence-electron chi connectivity index (χ2n) is 6.71. The van der Waals surface area contributed by atoms with Gasteiger partial charge in [0, 0.05) is 11.5 Å². The third kappa shape index (κ3) is 4.48. The highest BCUT2D eigenvalue weighted by molar-refractivity contribution is 7.91. The first-order chi connectivity index (χ1) is 13.4. The van der Waals surface area contributed by atoms with Crippen molar-refractivity contribution in [2.24, 2.45) is 10.7 Å². The van der Waals surface area contributed by atoms with Crippen molar-refractivity contribution in [3.8, 4) is 5.75 Å². The van der Waals surface area contributed by atoms with Crippen molar-refractivity contribution in [3.63, 3.8) is 0 Å². The van der Waals surface area contributed by atoms with E-state index in [-0.39, 0.29) is 11.9 Å². The van der Waals surface area contributed by atoms with Crippen LogP contribution in [0, 0.1) is 5.82 Å². The molecule has 1 aromatic heterocycles. The average molecular weight is 405 g/mol. The van der Waals surface area contributed by atoms with Crippen LogP contribution in [0.4, 0.5) is 4.39 Å². The Morgan fingerprint density at radius 1 is 1.46 bits per heavy atom. The fourth-order valence-electron chi connectivity index (χ4n) is 2.98. The number of nitrogens with two attached hydrogens (primary N) is 1. The number of fused-ring (bicyclic) bond motifs is 1. The van der Waals surface area contributed by atoms with E-state index in [2.05, 4.69) is 21.8 Å². The molecule has 0 aliphatic carbocycles. The van der Waals surface area contributed by atoms with Crippen LogP contribution in [0.25, 0.3) is 16.5 Å². The van der Waals surface area contributed by atoms with Crippen molar-refractivity contribution in [2.45, 2.75) is 20.0 Å². The van der Waals surface area contributed by atoms with E-state index in [0.717, 1.165) is 0 Å². The van der Waals surface area contributed by atoms with Gasteiger partial charge in [-0.3, -0.25) is 5.10 Å². The Morgan fingerprint density at radius 3 is 2.82 bits per heavy atom. The molecule has 150 valence electrons. The molecular weight excluding hydrogens is 381 g/mol. The molecule has 2 aromatic rings. The largest absolute Gasteiger partial charge is 0.616 e. The summed E-state index contributed by atoms with van der Waals surface area (Å²) in [6.45, 7) is 9.03. The van der Waals surface area contributed by atoms with Crippen LogP contribution < -0.4 is 10.5 Å². The molecular formula is C19H24FN5O2S. The Kier molecular flexibility index (Phi) is 6.25. The molecule has 1 aromatic carbocycles. The number of halogens is 1. The van der Waals surface area contributed by atoms with Crippen LogP contribution in [0.5, 0.6) is 5.75 Å². The Labute approximate surface area is 166 Å². The van der Waals surface area contributed by atoms with Gasteiger partial charge in [-0.2, -0.15) is 5.10 Å². The van der Waals surface area contributed by atoms with E-state index in [9.17, 15) is 8.94 Å². The van der Waals surface area contributed by atoms with E-state index >= 15 is 0 Å². The summed E-state index contributed by atoms with van der Waals surface area (Å²) in [5.41, 5.74) is 7.23. The Hall–Kier alpha value is -2.52. The molecule has 0 bridgehead atoms. The zero-order valence-electron chi connectivity index (χ0n) is 15.9. The molecule has 0 radical (unpaired) electrons. The lowest BCUT2D eigenvalue weighted by Crippen LogP contribution is -2.39. The molecule has 1 aliphatic rings. The average Bonchev–Trinajstić information content (AvgIpc) is 3.04. The second-order valence-corrected chi connectivity index (χ2v) is 8.40. The van der Waals surface area contributed by atoms with Gasteiger partial charge in [0.05, 0.1) is 36.7 Å². The molecule has 9 heteroatoms. The van der Waals surface area contributed by atoms with Gasteiger partial charge in [0.2, 0.25) is 0 Å². The quantitative estimate of drug-likeness (QED) is 0.332. The van der Waals surface area contributed by atoms with Crippen molar-refractivity contribution >= 4 is 34.0 Å². The maximum Gasteiger partial charge on any atom is 0.167 e. The van der Waals surface area contributed by atoms with Gasteiger partial charge < -0.3 is 19.9 Å². The number of hydrogen-bond acceptors (Lipinski definition) is 5. The molecule has 0 amide bonds. The third-order valence-corrected chi connectivity index (χ3v) is 5.57. The van der Waals surface area contributed by atoms with Gasteiger partial charge in [0.1, 0.15) is 17.3 Å². The summed E-state index contributed by atoms with van der Waals surface area (Å²) >= 11 is -0.793. The van der Waals surface area contributed by atoms with E-state index in [1.165, 1.54) is 12.4 Å². The van der Waals surface area contributed by atoms with Crippen molar-refractivity contribution < 1.29 is 13.7 Å². The normalized spacial score (nSPS) is 16.5. The van der Waals surface area contributed by atoms with Gasteiger partial charge in [-0.15, -0.1) is 0 Å². The fraction of sp³-hybridized carbons (Fsp3) is 0.368. The van der Waals surface area contributed by atoms with Crippen molar-refractivity contribution in [3.05, 3.63) is 42.1 Å². The molecule has 7 nitrogen and oxygen atoms in total. The number of ether oxygens (including phenoxy) is 1. The SMILES string of the molecule is C=C(/C=C(\N=C/N)N1CC[S+]([O-])CC1)c1n[nH]c2cc(F)c(OC(C)C)cc12. The van der Waals surface area contributed by atoms with Gasteiger partial charge >= 0.3 is 0 Å². The second kappa shape index (κ2) is 8.66. The monoisotopic (exact) mass is 405 g/mol. The topological polar surface area (TPSA) is 103 Å². The van der Waals surface area contributed by atoms with Gasteiger partial charge in [-0.05, 0) is 31.6 Å². The van der Waals surface area contributed by atoms with E-state index < -0.39 is 17.0 Å². The van der Waals surface area contributed by atoms with Crippen LogP contribution in [0.1, 0.15) is 19.5 Å². The Balaban J connectivity index is 1.93. The predicted molar refractivity (Wildman–Crippen MR) is 111 cm³/mol. The number of nitrogens with one attached hydrogen (secondary N) is 1. The molecule has 3 N–H and O–H groups in total. The molecule has 2 heterocycles. The van der Waals surface area contributed by atoms with Crippen molar-refractivity contribution in [2.75, 3.05) is 24.6 Å². The number of aliphatic imine (C=N–C) groups is 1. The maximum atomic E-state index is 14.2. The van der Waals surface area contributed by atoms with Gasteiger partial charge in [-0.1, -0.05) is 17.8 Å². The van der Waals surface area contributed by atoms with E-state index in [4.69, 9.17) is 10.5 Å². The Bertz CT molecular complexity index is 916. The molecule has 1 fully saturated rings. The number of hydrogen-bond donors (Lipinski definition) is 2. The molecule has 0 saturated carbocycles. The zero-order chi connectivity index (χ0) is 20.3. The lowest BCUT2D eigenvalue weighted by Gasteiger charge is -2.29. The fourth-order valence-corrected chi connectivity index (χ4v) is 4.04. The van der Waals surface area contributed by atoms with Gasteiger partial charge in [0.25, 0.3) is 0 Å². The maximum absolute atomic E-state index is 14.2. The smallest absolute Gasteiger partial charge is 0.167 e. The third-order valence-electron chi connectivity index (χ3n) is 4.29. The molecule has 0 atom stereocenters. The first kappa shape index (κ1) is 20.2. The first-order valence-electron chi connectivity index (χ1n) is 8.98. The summed E-state index contributed by atoms with van der Waals surface area (Å²) in [7, 11) is 0. The molecule has 3 rings (SSSR count). The number of rotatable bonds is 6. The minimum absolute atomic E-state index is 0.152. The molecule has 1 aliphatic heterocycles. The summed E-state index contributed by atoms with van der Waals surface area (Å²) in [5.74, 6) is 1.52. The summed E-state index contributed by atoms with van der Waals surface area (Å²) < 4.78 is 31.4. The summed E-state index contributed by atoms with van der Waals surface area (Å²) in [6.07, 6.45) is 2.84. The molecule has 0 spiro atoms.